The van der Waals surface area contributed by atoms with E-state index in [1.807, 2.05) is 0 Å². The summed E-state index contributed by atoms with van der Waals surface area (Å²) in [5.74, 6) is -0.631. The van der Waals surface area contributed by atoms with Gasteiger partial charge in [-0.05, 0) is 18.2 Å². The molecule has 0 amide bonds. The number of carbonyl (C=O) groups is 1. The molecule has 0 radical (unpaired) electrons. The Bertz CT molecular complexity index is 1060. The van der Waals surface area contributed by atoms with Crippen molar-refractivity contribution >= 4 is 33.1 Å². The summed E-state index contributed by atoms with van der Waals surface area (Å²) in [5, 5.41) is 11.5. The van der Waals surface area contributed by atoms with E-state index in [1.54, 1.807) is 12.1 Å². The zero-order chi connectivity index (χ0) is 19.0. The van der Waals surface area contributed by atoms with E-state index in [0.717, 1.165) is 11.3 Å². The third-order valence-corrected chi connectivity index (χ3v) is 5.13. The maximum Gasteiger partial charge on any atom is 0.348 e. The molecule has 3 aromatic rings. The summed E-state index contributed by atoms with van der Waals surface area (Å²) in [7, 11) is 0. The Hall–Kier alpha value is -3.04. The molecular weight excluding hydrogens is 377 g/mol. The van der Waals surface area contributed by atoms with E-state index in [4.69, 9.17) is 14.2 Å². The van der Waals surface area contributed by atoms with E-state index < -0.39 is 16.7 Å². The molecule has 0 spiro atoms. The van der Waals surface area contributed by atoms with Gasteiger partial charge in [0.1, 0.15) is 23.1 Å². The van der Waals surface area contributed by atoms with E-state index in [1.165, 1.54) is 24.3 Å². The second kappa shape index (κ2) is 6.93. The SMILES string of the molecule is O=C(OCc1cc([N+](=O)[O-])cc2c1OCOC2)c1cc2c(F)cccc2s1. The summed E-state index contributed by atoms with van der Waals surface area (Å²) >= 11 is 1.12. The van der Waals surface area contributed by atoms with Crippen LogP contribution in [0.3, 0.4) is 0 Å². The van der Waals surface area contributed by atoms with Crippen LogP contribution in [-0.2, 0) is 22.7 Å². The number of rotatable bonds is 4. The first-order chi connectivity index (χ1) is 13.0. The minimum absolute atomic E-state index is 0.0152. The molecule has 9 heteroatoms. The Morgan fingerprint density at radius 2 is 2.19 bits per heavy atom. The Morgan fingerprint density at radius 1 is 1.33 bits per heavy atom. The highest BCUT2D eigenvalue weighted by Crippen LogP contribution is 2.34. The smallest absolute Gasteiger partial charge is 0.348 e. The molecule has 1 aliphatic heterocycles. The zero-order valence-corrected chi connectivity index (χ0v) is 14.6. The van der Waals surface area contributed by atoms with Gasteiger partial charge < -0.3 is 14.2 Å². The Labute approximate surface area is 156 Å². The van der Waals surface area contributed by atoms with Crippen LogP contribution in [0.2, 0.25) is 0 Å². The van der Waals surface area contributed by atoms with Gasteiger partial charge in [-0.15, -0.1) is 11.3 Å². The summed E-state index contributed by atoms with van der Waals surface area (Å²) in [6.07, 6.45) is 0. The monoisotopic (exact) mass is 389 g/mol. The highest BCUT2D eigenvalue weighted by molar-refractivity contribution is 7.20. The lowest BCUT2D eigenvalue weighted by Crippen LogP contribution is -2.14. The van der Waals surface area contributed by atoms with E-state index in [2.05, 4.69) is 0 Å². The second-order valence-corrected chi connectivity index (χ2v) is 6.88. The molecule has 0 unspecified atom stereocenters. The summed E-state index contributed by atoms with van der Waals surface area (Å²) in [6, 6.07) is 8.71. The van der Waals surface area contributed by atoms with Crippen molar-refractivity contribution in [2.24, 2.45) is 0 Å². The fourth-order valence-corrected chi connectivity index (χ4v) is 3.80. The molecule has 0 aliphatic carbocycles. The largest absolute Gasteiger partial charge is 0.467 e. The quantitative estimate of drug-likeness (QED) is 0.378. The standard InChI is InChI=1S/C18H12FNO6S/c19-14-2-1-3-15-13(14)6-16(27-15)18(21)25-8-11-5-12(20(22)23)4-10-7-24-9-26-17(10)11/h1-6H,7-9H2. The van der Waals surface area contributed by atoms with Gasteiger partial charge in [-0.2, -0.15) is 0 Å². The number of ether oxygens (including phenoxy) is 3. The number of hydrogen-bond donors (Lipinski definition) is 0. The molecule has 4 rings (SSSR count). The average Bonchev–Trinajstić information content (AvgIpc) is 3.11. The Kier molecular flexibility index (Phi) is 4.46. The van der Waals surface area contributed by atoms with Crippen LogP contribution < -0.4 is 4.74 Å². The molecular formula is C18H12FNO6S. The number of nitro groups is 1. The first-order valence-corrected chi connectivity index (χ1v) is 8.70. The van der Waals surface area contributed by atoms with Crippen molar-refractivity contribution in [2.75, 3.05) is 6.79 Å². The van der Waals surface area contributed by atoms with E-state index in [9.17, 15) is 19.3 Å². The van der Waals surface area contributed by atoms with Gasteiger partial charge in [-0.3, -0.25) is 10.1 Å². The molecule has 0 fully saturated rings. The second-order valence-electron chi connectivity index (χ2n) is 5.80. The third-order valence-electron chi connectivity index (χ3n) is 4.05. The first kappa shape index (κ1) is 17.4. The van der Waals surface area contributed by atoms with Gasteiger partial charge in [0.15, 0.2) is 6.79 Å². The highest BCUT2D eigenvalue weighted by Gasteiger charge is 2.22. The molecule has 7 nitrogen and oxygen atoms in total. The minimum atomic E-state index is -0.636. The number of nitrogens with zero attached hydrogens (tertiary/aromatic N) is 1. The van der Waals surface area contributed by atoms with Crippen molar-refractivity contribution in [2.45, 2.75) is 13.2 Å². The summed E-state index contributed by atoms with van der Waals surface area (Å²) in [5.41, 5.74) is 0.756. The van der Waals surface area contributed by atoms with E-state index >= 15 is 0 Å². The molecule has 138 valence electrons. The minimum Gasteiger partial charge on any atom is -0.467 e. The van der Waals surface area contributed by atoms with Crippen LogP contribution in [0.5, 0.6) is 5.75 Å². The first-order valence-electron chi connectivity index (χ1n) is 7.89. The normalized spacial score (nSPS) is 13.1. The van der Waals surface area contributed by atoms with Crippen molar-refractivity contribution in [1.82, 2.24) is 0 Å². The predicted octanol–water partition coefficient (Wildman–Crippen LogP) is 4.17. The molecule has 0 bridgehead atoms. The summed E-state index contributed by atoms with van der Waals surface area (Å²) in [4.78, 5) is 23.2. The highest BCUT2D eigenvalue weighted by atomic mass is 32.1. The fourth-order valence-electron chi connectivity index (χ4n) is 2.83. The van der Waals surface area contributed by atoms with Crippen molar-refractivity contribution in [3.05, 3.63) is 68.3 Å². The van der Waals surface area contributed by atoms with Crippen LogP contribution in [0.1, 0.15) is 20.8 Å². The molecule has 0 saturated heterocycles. The van der Waals surface area contributed by atoms with Gasteiger partial charge in [0, 0.05) is 33.3 Å². The predicted molar refractivity (Wildman–Crippen MR) is 94.3 cm³/mol. The van der Waals surface area contributed by atoms with Crippen LogP contribution in [0, 0.1) is 15.9 Å². The summed E-state index contributed by atoms with van der Waals surface area (Å²) < 4.78 is 30.3. The molecule has 0 N–H and O–H groups in total. The number of non-ortho nitro benzene ring substituents is 1. The number of esters is 1. The Morgan fingerprint density at radius 3 is 2.96 bits per heavy atom. The molecule has 0 atom stereocenters. The van der Waals surface area contributed by atoms with Gasteiger partial charge in [0.05, 0.1) is 11.5 Å². The molecule has 27 heavy (non-hydrogen) atoms. The van der Waals surface area contributed by atoms with E-state index in [-0.39, 0.29) is 30.6 Å². The molecule has 2 heterocycles. The van der Waals surface area contributed by atoms with Gasteiger partial charge in [0.25, 0.3) is 5.69 Å². The zero-order valence-electron chi connectivity index (χ0n) is 13.8. The van der Waals surface area contributed by atoms with Gasteiger partial charge in [-0.1, -0.05) is 6.07 Å². The summed E-state index contributed by atoms with van der Waals surface area (Å²) in [6.45, 7) is -0.0194. The van der Waals surface area contributed by atoms with Crippen molar-refractivity contribution < 1.29 is 28.3 Å². The van der Waals surface area contributed by atoms with Gasteiger partial charge >= 0.3 is 5.97 Å². The fraction of sp³-hybridized carbons (Fsp3) is 0.167. The van der Waals surface area contributed by atoms with E-state index in [0.29, 0.717) is 27.0 Å². The maximum absolute atomic E-state index is 13.8. The number of halogens is 1. The lowest BCUT2D eigenvalue weighted by Gasteiger charge is -2.20. The van der Waals surface area contributed by atoms with Crippen LogP contribution in [-0.4, -0.2) is 17.7 Å². The number of fused-ring (bicyclic) bond motifs is 2. The molecule has 2 aromatic carbocycles. The number of carbonyl (C=O) groups excluding carboxylic acids is 1. The van der Waals surface area contributed by atoms with Crippen LogP contribution in [0.15, 0.2) is 36.4 Å². The van der Waals surface area contributed by atoms with Gasteiger partial charge in [0.2, 0.25) is 0 Å². The topological polar surface area (TPSA) is 87.9 Å². The number of nitro benzene ring substituents is 1. The van der Waals surface area contributed by atoms with Crippen molar-refractivity contribution in [3.8, 4) is 5.75 Å². The van der Waals surface area contributed by atoms with Crippen LogP contribution in [0.25, 0.3) is 10.1 Å². The lowest BCUT2D eigenvalue weighted by atomic mass is 10.1. The molecule has 0 saturated carbocycles. The maximum atomic E-state index is 13.8. The van der Waals surface area contributed by atoms with Crippen molar-refractivity contribution in [3.63, 3.8) is 0 Å². The van der Waals surface area contributed by atoms with Crippen molar-refractivity contribution in [1.29, 1.82) is 0 Å². The lowest BCUT2D eigenvalue weighted by molar-refractivity contribution is -0.385. The average molecular weight is 389 g/mol. The Balaban J connectivity index is 1.58. The molecule has 1 aromatic heterocycles. The van der Waals surface area contributed by atoms with Gasteiger partial charge in [-0.25, -0.2) is 9.18 Å². The number of hydrogen-bond acceptors (Lipinski definition) is 7. The molecule has 1 aliphatic rings. The number of benzene rings is 2. The van der Waals surface area contributed by atoms with Crippen LogP contribution in [0.4, 0.5) is 10.1 Å². The third kappa shape index (κ3) is 3.34. The number of thiophene rings is 1. The van der Waals surface area contributed by atoms with Crippen LogP contribution >= 0.6 is 11.3 Å².